The van der Waals surface area contributed by atoms with Gasteiger partial charge < -0.3 is 14.6 Å². The van der Waals surface area contributed by atoms with Gasteiger partial charge in [-0.25, -0.2) is 4.98 Å². The third-order valence-corrected chi connectivity index (χ3v) is 3.86. The summed E-state index contributed by atoms with van der Waals surface area (Å²) < 4.78 is 5.67. The molecule has 0 bridgehead atoms. The summed E-state index contributed by atoms with van der Waals surface area (Å²) in [5.74, 6) is -0.121. The Morgan fingerprint density at radius 2 is 2.33 bits per heavy atom. The molecule has 1 unspecified atom stereocenters. The van der Waals surface area contributed by atoms with Crippen molar-refractivity contribution in [3.63, 3.8) is 0 Å². The summed E-state index contributed by atoms with van der Waals surface area (Å²) in [5.41, 5.74) is 1.16. The molecule has 6 nitrogen and oxygen atoms in total. The topological polar surface area (TPSA) is 71.3 Å². The van der Waals surface area contributed by atoms with Crippen LogP contribution in [0.15, 0.2) is 10.5 Å². The molecule has 3 heterocycles. The Balaban J connectivity index is 1.90. The molecule has 112 valence electrons. The van der Waals surface area contributed by atoms with Gasteiger partial charge in [0.25, 0.3) is 6.01 Å². The molecule has 21 heavy (non-hydrogen) atoms. The first-order valence-electron chi connectivity index (χ1n) is 6.96. The Bertz CT molecular complexity index is 685. The van der Waals surface area contributed by atoms with Gasteiger partial charge in [0.15, 0.2) is 11.4 Å². The Hall–Kier alpha value is -1.66. The van der Waals surface area contributed by atoms with E-state index in [-0.39, 0.29) is 17.0 Å². The highest BCUT2D eigenvalue weighted by molar-refractivity contribution is 6.30. The fourth-order valence-electron chi connectivity index (χ4n) is 2.66. The zero-order chi connectivity index (χ0) is 15.0. The second-order valence-corrected chi connectivity index (χ2v) is 5.85. The highest BCUT2D eigenvalue weighted by Crippen LogP contribution is 2.25. The molecule has 3 rings (SSSR count). The first kappa shape index (κ1) is 14.3. The van der Waals surface area contributed by atoms with Crippen LogP contribution in [0.4, 0.5) is 6.01 Å². The van der Waals surface area contributed by atoms with Crippen molar-refractivity contribution in [1.82, 2.24) is 14.9 Å². The molecule has 0 aromatic carbocycles. The number of carbonyl (C=O) groups excluding carboxylic acids is 1. The molecule has 2 aromatic heterocycles. The summed E-state index contributed by atoms with van der Waals surface area (Å²) in [4.78, 5) is 22.3. The van der Waals surface area contributed by atoms with Crippen molar-refractivity contribution in [2.45, 2.75) is 25.8 Å². The molecule has 0 radical (unpaired) electrons. The number of rotatable bonds is 3. The summed E-state index contributed by atoms with van der Waals surface area (Å²) in [6, 6.07) is 2.19. The highest BCUT2D eigenvalue weighted by Gasteiger charge is 2.21. The number of aromatic nitrogens is 2. The average Bonchev–Trinajstić information content (AvgIpc) is 2.79. The predicted octanol–water partition coefficient (Wildman–Crippen LogP) is 2.58. The zero-order valence-electron chi connectivity index (χ0n) is 12.0. The Morgan fingerprint density at radius 1 is 1.52 bits per heavy atom. The maximum Gasteiger partial charge on any atom is 0.297 e. The maximum absolute atomic E-state index is 11.7. The van der Waals surface area contributed by atoms with Gasteiger partial charge in [-0.1, -0.05) is 11.6 Å². The van der Waals surface area contributed by atoms with Crippen molar-refractivity contribution in [2.24, 2.45) is 0 Å². The minimum atomic E-state index is -0.121. The predicted molar refractivity (Wildman–Crippen MR) is 81.0 cm³/mol. The van der Waals surface area contributed by atoms with Crippen LogP contribution in [0.1, 0.15) is 30.1 Å². The Labute approximate surface area is 127 Å². The van der Waals surface area contributed by atoms with E-state index in [4.69, 9.17) is 16.0 Å². The monoisotopic (exact) mass is 308 g/mol. The van der Waals surface area contributed by atoms with Crippen molar-refractivity contribution in [3.8, 4) is 0 Å². The van der Waals surface area contributed by atoms with Crippen LogP contribution in [-0.2, 0) is 0 Å². The fraction of sp³-hybridized carbons (Fsp3) is 0.500. The quantitative estimate of drug-likeness (QED) is 0.694. The molecule has 1 saturated heterocycles. The number of nitrogens with zero attached hydrogens (tertiary/aromatic N) is 3. The number of likely N-dealkylation sites (tertiary alicyclic amines) is 1. The van der Waals surface area contributed by atoms with E-state index in [1.54, 1.807) is 0 Å². The second kappa shape index (κ2) is 5.61. The van der Waals surface area contributed by atoms with Gasteiger partial charge in [-0.2, -0.15) is 4.98 Å². The molecular weight excluding hydrogens is 292 g/mol. The first-order chi connectivity index (χ1) is 10.0. The molecule has 0 saturated carbocycles. The van der Waals surface area contributed by atoms with Gasteiger partial charge in [0.05, 0.1) is 5.56 Å². The van der Waals surface area contributed by atoms with E-state index in [1.807, 2.05) is 0 Å². The Morgan fingerprint density at radius 3 is 3.05 bits per heavy atom. The van der Waals surface area contributed by atoms with E-state index < -0.39 is 0 Å². The van der Waals surface area contributed by atoms with Gasteiger partial charge in [0.1, 0.15) is 5.15 Å². The van der Waals surface area contributed by atoms with E-state index in [0.717, 1.165) is 25.9 Å². The third kappa shape index (κ3) is 3.01. The van der Waals surface area contributed by atoms with Crippen LogP contribution in [0.25, 0.3) is 11.2 Å². The molecule has 1 aliphatic rings. The van der Waals surface area contributed by atoms with Crippen LogP contribution in [0.3, 0.4) is 0 Å². The molecule has 1 fully saturated rings. The summed E-state index contributed by atoms with van der Waals surface area (Å²) in [6.07, 6.45) is 2.20. The number of hydrogen-bond donors (Lipinski definition) is 1. The van der Waals surface area contributed by atoms with Crippen LogP contribution in [0.5, 0.6) is 0 Å². The summed E-state index contributed by atoms with van der Waals surface area (Å²) >= 11 is 5.92. The lowest BCUT2D eigenvalue weighted by molar-refractivity contribution is 0.101. The van der Waals surface area contributed by atoms with Gasteiger partial charge in [0.2, 0.25) is 5.65 Å². The fourth-order valence-corrected chi connectivity index (χ4v) is 2.85. The average molecular weight is 309 g/mol. The number of pyridine rings is 1. The SMILES string of the molecule is CC(=O)c1cc(Cl)nc2nc(NC3CCCN(C)C3)oc12. The molecule has 1 aliphatic heterocycles. The number of oxazole rings is 1. The van der Waals surface area contributed by atoms with Crippen molar-refractivity contribution in [1.29, 1.82) is 0 Å². The standard InChI is InChI=1S/C14H17ClN4O2/c1-8(20)10-6-11(15)17-13-12(10)21-14(18-13)16-9-4-3-5-19(2)7-9/h6,9H,3-5,7H2,1-2H3,(H,16,17,18). The number of nitrogens with one attached hydrogen (secondary N) is 1. The van der Waals surface area contributed by atoms with E-state index in [1.165, 1.54) is 13.0 Å². The lowest BCUT2D eigenvalue weighted by Gasteiger charge is -2.29. The molecule has 0 amide bonds. The van der Waals surface area contributed by atoms with Gasteiger partial charge in [-0.05, 0) is 39.4 Å². The number of anilines is 1. The number of ketones is 1. The summed E-state index contributed by atoms with van der Waals surface area (Å²) in [6.45, 7) is 3.51. The highest BCUT2D eigenvalue weighted by atomic mass is 35.5. The molecular formula is C14H17ClN4O2. The van der Waals surface area contributed by atoms with Gasteiger partial charge in [-0.3, -0.25) is 4.79 Å². The van der Waals surface area contributed by atoms with Crippen LogP contribution in [-0.4, -0.2) is 46.8 Å². The Kier molecular flexibility index (Phi) is 3.82. The molecule has 2 aromatic rings. The van der Waals surface area contributed by atoms with E-state index >= 15 is 0 Å². The van der Waals surface area contributed by atoms with Crippen molar-refractivity contribution in [2.75, 3.05) is 25.5 Å². The largest absolute Gasteiger partial charge is 0.421 e. The van der Waals surface area contributed by atoms with Crippen LogP contribution in [0, 0.1) is 0 Å². The lowest BCUT2D eigenvalue weighted by Crippen LogP contribution is -2.39. The molecule has 0 spiro atoms. The van der Waals surface area contributed by atoms with Crippen LogP contribution < -0.4 is 5.32 Å². The zero-order valence-corrected chi connectivity index (χ0v) is 12.8. The molecule has 1 atom stereocenters. The number of halogens is 1. The van der Waals surface area contributed by atoms with Crippen molar-refractivity contribution < 1.29 is 9.21 Å². The number of likely N-dealkylation sites (N-methyl/N-ethyl adjacent to an activating group) is 1. The number of hydrogen-bond acceptors (Lipinski definition) is 6. The minimum Gasteiger partial charge on any atom is -0.421 e. The van der Waals surface area contributed by atoms with E-state index in [2.05, 4.69) is 27.2 Å². The second-order valence-electron chi connectivity index (χ2n) is 5.47. The lowest BCUT2D eigenvalue weighted by atomic mass is 10.1. The maximum atomic E-state index is 11.7. The summed E-state index contributed by atoms with van der Waals surface area (Å²) in [5, 5.41) is 3.51. The van der Waals surface area contributed by atoms with Gasteiger partial charge in [-0.15, -0.1) is 0 Å². The third-order valence-electron chi connectivity index (χ3n) is 3.66. The van der Waals surface area contributed by atoms with Crippen LogP contribution in [0.2, 0.25) is 5.15 Å². The number of piperidine rings is 1. The number of fused-ring (bicyclic) bond motifs is 1. The van der Waals surface area contributed by atoms with E-state index in [9.17, 15) is 4.79 Å². The van der Waals surface area contributed by atoms with Gasteiger partial charge >= 0.3 is 0 Å². The molecule has 1 N–H and O–H groups in total. The summed E-state index contributed by atoms with van der Waals surface area (Å²) in [7, 11) is 2.09. The first-order valence-corrected chi connectivity index (χ1v) is 7.34. The smallest absolute Gasteiger partial charge is 0.297 e. The van der Waals surface area contributed by atoms with Crippen molar-refractivity contribution in [3.05, 3.63) is 16.8 Å². The normalized spacial score (nSPS) is 19.9. The molecule has 0 aliphatic carbocycles. The minimum absolute atomic E-state index is 0.121. The number of Topliss-reactive ketones (excluding diaryl/α,β-unsaturated/α-hetero) is 1. The van der Waals surface area contributed by atoms with Gasteiger partial charge in [0, 0.05) is 12.6 Å². The van der Waals surface area contributed by atoms with E-state index in [0.29, 0.717) is 22.8 Å². The van der Waals surface area contributed by atoms with Crippen LogP contribution >= 0.6 is 11.6 Å². The van der Waals surface area contributed by atoms with Crippen molar-refractivity contribution >= 4 is 34.6 Å². The molecule has 7 heteroatoms. The number of carbonyl (C=O) groups is 1.